The van der Waals surface area contributed by atoms with Gasteiger partial charge in [-0.05, 0) is 19.0 Å². The molecule has 1 fully saturated rings. The number of aryl methyl sites for hydroxylation is 1. The van der Waals surface area contributed by atoms with Gasteiger partial charge >= 0.3 is 0 Å². The Hall–Kier alpha value is -0.910. The molecule has 1 aromatic rings. The molecule has 2 rings (SSSR count). The van der Waals surface area contributed by atoms with E-state index in [0.29, 0.717) is 6.54 Å². The molecule has 1 aliphatic rings. The van der Waals surface area contributed by atoms with Crippen LogP contribution in [0.3, 0.4) is 0 Å². The van der Waals surface area contributed by atoms with E-state index in [1.807, 2.05) is 6.20 Å². The van der Waals surface area contributed by atoms with Crippen molar-refractivity contribution in [2.75, 3.05) is 26.2 Å². The van der Waals surface area contributed by atoms with E-state index in [9.17, 15) is 0 Å². The Bertz CT molecular complexity index is 354. The van der Waals surface area contributed by atoms with Crippen molar-refractivity contribution >= 4 is 0 Å². The summed E-state index contributed by atoms with van der Waals surface area (Å²) in [4.78, 5) is 2.43. The average molecular weight is 252 g/mol. The lowest BCUT2D eigenvalue weighted by molar-refractivity contribution is -0.0685. The summed E-state index contributed by atoms with van der Waals surface area (Å²) in [6.07, 6.45) is 3.04. The van der Waals surface area contributed by atoms with E-state index in [1.165, 1.54) is 5.69 Å². The van der Waals surface area contributed by atoms with Crippen molar-refractivity contribution in [3.8, 4) is 0 Å². The van der Waals surface area contributed by atoms with Crippen molar-refractivity contribution in [3.63, 3.8) is 0 Å². The van der Waals surface area contributed by atoms with E-state index >= 15 is 0 Å². The quantitative estimate of drug-likeness (QED) is 0.850. The molecule has 0 saturated carbocycles. The van der Waals surface area contributed by atoms with Gasteiger partial charge in [-0.2, -0.15) is 5.10 Å². The van der Waals surface area contributed by atoms with E-state index in [0.717, 1.165) is 32.7 Å². The first-order valence-corrected chi connectivity index (χ1v) is 6.89. The molecule has 2 heterocycles. The third-order valence-electron chi connectivity index (χ3n) is 3.58. The van der Waals surface area contributed by atoms with Gasteiger partial charge in [0, 0.05) is 25.8 Å². The lowest BCUT2D eigenvalue weighted by Crippen LogP contribution is -2.48. The largest absolute Gasteiger partial charge is 0.374 e. The molecule has 102 valence electrons. The third kappa shape index (κ3) is 2.58. The predicted molar refractivity (Wildman–Crippen MR) is 71.3 cm³/mol. The number of rotatable bonds is 5. The lowest BCUT2D eigenvalue weighted by Gasteiger charge is -2.40. The van der Waals surface area contributed by atoms with Crippen LogP contribution in [0.25, 0.3) is 0 Å². The second-order valence-corrected chi connectivity index (χ2v) is 4.70. The minimum atomic E-state index is 0.0750. The number of likely N-dealkylation sites (N-methyl/N-ethyl adjacent to an activating group) is 1. The van der Waals surface area contributed by atoms with Crippen LogP contribution in [-0.2, 0) is 11.3 Å². The maximum absolute atomic E-state index is 5.86. The molecule has 5 nitrogen and oxygen atoms in total. The molecule has 0 aliphatic carbocycles. The van der Waals surface area contributed by atoms with E-state index in [-0.39, 0.29) is 12.1 Å². The average Bonchev–Trinajstić information content (AvgIpc) is 2.86. The van der Waals surface area contributed by atoms with Crippen molar-refractivity contribution in [2.24, 2.45) is 5.73 Å². The van der Waals surface area contributed by atoms with Crippen LogP contribution in [0.1, 0.15) is 32.0 Å². The highest BCUT2D eigenvalue weighted by atomic mass is 16.5. The predicted octanol–water partition coefficient (Wildman–Crippen LogP) is 1.01. The summed E-state index contributed by atoms with van der Waals surface area (Å²) in [5.41, 5.74) is 7.09. The van der Waals surface area contributed by atoms with Crippen LogP contribution in [0.15, 0.2) is 12.3 Å². The van der Waals surface area contributed by atoms with Crippen LogP contribution in [-0.4, -0.2) is 47.0 Å². The Labute approximate surface area is 109 Å². The molecule has 2 N–H and O–H groups in total. The molecule has 18 heavy (non-hydrogen) atoms. The second-order valence-electron chi connectivity index (χ2n) is 4.70. The van der Waals surface area contributed by atoms with Gasteiger partial charge in [0.1, 0.15) is 0 Å². The van der Waals surface area contributed by atoms with E-state index in [2.05, 4.69) is 34.6 Å². The topological polar surface area (TPSA) is 56.3 Å². The van der Waals surface area contributed by atoms with Crippen molar-refractivity contribution in [2.45, 2.75) is 39.0 Å². The van der Waals surface area contributed by atoms with Crippen LogP contribution in [0, 0.1) is 0 Å². The highest BCUT2D eigenvalue weighted by Crippen LogP contribution is 2.28. The fourth-order valence-corrected chi connectivity index (χ4v) is 2.71. The zero-order chi connectivity index (χ0) is 13.0. The number of aromatic nitrogens is 2. The van der Waals surface area contributed by atoms with E-state index in [1.54, 1.807) is 0 Å². The van der Waals surface area contributed by atoms with Crippen molar-refractivity contribution in [1.29, 1.82) is 0 Å². The summed E-state index contributed by atoms with van der Waals surface area (Å²) in [6, 6.07) is 2.34. The van der Waals surface area contributed by atoms with Crippen LogP contribution in [0.4, 0.5) is 0 Å². The van der Waals surface area contributed by atoms with E-state index < -0.39 is 0 Å². The Morgan fingerprint density at radius 1 is 1.50 bits per heavy atom. The number of ether oxygens (including phenoxy) is 1. The molecule has 0 amide bonds. The molecule has 1 aliphatic heterocycles. The summed E-state index contributed by atoms with van der Waals surface area (Å²) in [6.45, 7) is 8.62. The van der Waals surface area contributed by atoms with Crippen molar-refractivity contribution in [3.05, 3.63) is 18.0 Å². The zero-order valence-electron chi connectivity index (χ0n) is 11.4. The number of nitrogens with zero attached hydrogens (tertiary/aromatic N) is 3. The summed E-state index contributed by atoms with van der Waals surface area (Å²) in [5, 5.41) is 4.41. The maximum atomic E-state index is 5.86. The van der Waals surface area contributed by atoms with Gasteiger partial charge < -0.3 is 10.5 Å². The fraction of sp³-hybridized carbons (Fsp3) is 0.769. The van der Waals surface area contributed by atoms with Gasteiger partial charge in [0.15, 0.2) is 0 Å². The Balaban J connectivity index is 2.27. The molecule has 5 heteroatoms. The Morgan fingerprint density at radius 3 is 3.00 bits per heavy atom. The van der Waals surface area contributed by atoms with Crippen molar-refractivity contribution in [1.82, 2.24) is 14.7 Å². The molecule has 0 bridgehead atoms. The van der Waals surface area contributed by atoms with E-state index in [4.69, 9.17) is 10.5 Å². The normalized spacial score (nSPS) is 25.5. The van der Waals surface area contributed by atoms with Gasteiger partial charge in [0.05, 0.1) is 24.4 Å². The minimum Gasteiger partial charge on any atom is -0.374 e. The van der Waals surface area contributed by atoms with Crippen LogP contribution < -0.4 is 5.73 Å². The summed E-state index contributed by atoms with van der Waals surface area (Å²) >= 11 is 0. The highest BCUT2D eigenvalue weighted by Gasteiger charge is 2.33. The first-order valence-electron chi connectivity index (χ1n) is 6.89. The van der Waals surface area contributed by atoms with Crippen molar-refractivity contribution < 1.29 is 4.74 Å². The SMILES string of the molecule is CCCn1nccc1C1C(CN)OCCN1CC. The monoisotopic (exact) mass is 252 g/mol. The number of morpholine rings is 1. The maximum Gasteiger partial charge on any atom is 0.0909 e. The second kappa shape index (κ2) is 6.31. The minimum absolute atomic E-state index is 0.0750. The van der Waals surface area contributed by atoms with Crippen LogP contribution >= 0.6 is 0 Å². The standard InChI is InChI=1S/C13H24N4O/c1-3-7-17-11(5-6-15-17)13-12(10-14)18-9-8-16(13)4-2/h5-6,12-13H,3-4,7-10,14H2,1-2H3. The van der Waals surface area contributed by atoms with Crippen LogP contribution in [0.5, 0.6) is 0 Å². The van der Waals surface area contributed by atoms with Gasteiger partial charge in [-0.25, -0.2) is 0 Å². The lowest BCUT2D eigenvalue weighted by atomic mass is 10.0. The molecule has 1 saturated heterocycles. The van der Waals surface area contributed by atoms with Gasteiger partial charge in [-0.15, -0.1) is 0 Å². The molecule has 2 unspecified atom stereocenters. The fourth-order valence-electron chi connectivity index (χ4n) is 2.71. The van der Waals surface area contributed by atoms with Gasteiger partial charge in [0.25, 0.3) is 0 Å². The molecule has 2 atom stereocenters. The molecular weight excluding hydrogens is 228 g/mol. The molecular formula is C13H24N4O. The van der Waals surface area contributed by atoms with Gasteiger partial charge in [0.2, 0.25) is 0 Å². The molecule has 0 spiro atoms. The first kappa shape index (κ1) is 13.5. The number of hydrogen-bond acceptors (Lipinski definition) is 4. The summed E-state index contributed by atoms with van der Waals surface area (Å²) in [7, 11) is 0. The Morgan fingerprint density at radius 2 is 2.33 bits per heavy atom. The molecule has 0 aromatic carbocycles. The smallest absolute Gasteiger partial charge is 0.0909 e. The van der Waals surface area contributed by atoms with Crippen LogP contribution in [0.2, 0.25) is 0 Å². The van der Waals surface area contributed by atoms with Gasteiger partial charge in [-0.1, -0.05) is 13.8 Å². The highest BCUT2D eigenvalue weighted by molar-refractivity contribution is 5.11. The molecule has 0 radical (unpaired) electrons. The third-order valence-corrected chi connectivity index (χ3v) is 3.58. The first-order chi connectivity index (χ1) is 8.81. The summed E-state index contributed by atoms with van der Waals surface area (Å²) < 4.78 is 7.91. The number of nitrogens with two attached hydrogens (primary N) is 1. The zero-order valence-corrected chi connectivity index (χ0v) is 11.4. The molecule has 1 aromatic heterocycles. The summed E-state index contributed by atoms with van der Waals surface area (Å²) in [5.74, 6) is 0. The Kier molecular flexibility index (Phi) is 4.74. The number of hydrogen-bond donors (Lipinski definition) is 1. The van der Waals surface area contributed by atoms with Gasteiger partial charge in [-0.3, -0.25) is 9.58 Å².